The van der Waals surface area contributed by atoms with Gasteiger partial charge in [0.25, 0.3) is 0 Å². The number of hydrogen-bond donors (Lipinski definition) is 1. The van der Waals surface area contributed by atoms with E-state index < -0.39 is 0 Å². The van der Waals surface area contributed by atoms with Gasteiger partial charge in [0.2, 0.25) is 0 Å². The highest BCUT2D eigenvalue weighted by atomic mass is 16.5. The molecule has 2 aromatic rings. The minimum Gasteiger partial charge on any atom is -0.494 e. The Hall–Kier alpha value is -1.81. The maximum atomic E-state index is 5.62. The summed E-state index contributed by atoms with van der Waals surface area (Å²) in [5, 5.41) is 8.01. The van der Waals surface area contributed by atoms with Gasteiger partial charge in [-0.15, -0.1) is 0 Å². The molecule has 1 aromatic heterocycles. The van der Waals surface area contributed by atoms with Crippen molar-refractivity contribution < 1.29 is 4.74 Å². The monoisotopic (exact) mass is 287 g/mol. The molecule has 0 aliphatic carbocycles. The third kappa shape index (κ3) is 3.85. The van der Waals surface area contributed by atoms with Crippen LogP contribution in [-0.2, 0) is 6.54 Å². The predicted octanol–water partition coefficient (Wildman–Crippen LogP) is 3.39. The summed E-state index contributed by atoms with van der Waals surface area (Å²) in [5.74, 6) is 0.917. The van der Waals surface area contributed by atoms with Gasteiger partial charge >= 0.3 is 0 Å². The molecular formula is C17H25N3O. The number of rotatable bonds is 8. The predicted molar refractivity (Wildman–Crippen MR) is 85.6 cm³/mol. The Morgan fingerprint density at radius 1 is 1.24 bits per heavy atom. The second-order valence-corrected chi connectivity index (χ2v) is 4.96. The zero-order valence-electron chi connectivity index (χ0n) is 13.2. The second-order valence-electron chi connectivity index (χ2n) is 4.96. The quantitative estimate of drug-likeness (QED) is 0.809. The first-order chi connectivity index (χ1) is 10.3. The standard InChI is InChI=1S/C17H25N3O/c1-4-11-18-17(16-10-12-19-20(16)5-2)14-8-7-9-15(13-14)21-6-3/h7-10,12-13,17-18H,4-6,11H2,1-3H3. The highest BCUT2D eigenvalue weighted by Crippen LogP contribution is 2.25. The van der Waals surface area contributed by atoms with Crippen LogP contribution in [0.4, 0.5) is 0 Å². The summed E-state index contributed by atoms with van der Waals surface area (Å²) in [6, 6.07) is 10.5. The third-order valence-electron chi connectivity index (χ3n) is 3.45. The number of ether oxygens (including phenoxy) is 1. The van der Waals surface area contributed by atoms with Gasteiger partial charge in [-0.2, -0.15) is 5.10 Å². The van der Waals surface area contributed by atoms with Crippen molar-refractivity contribution in [3.8, 4) is 5.75 Å². The van der Waals surface area contributed by atoms with Gasteiger partial charge in [-0.05, 0) is 50.6 Å². The largest absolute Gasteiger partial charge is 0.494 e. The fourth-order valence-corrected chi connectivity index (χ4v) is 2.48. The summed E-state index contributed by atoms with van der Waals surface area (Å²) in [6.45, 7) is 8.83. The SMILES string of the molecule is CCCNC(c1cccc(OCC)c1)c1ccnn1CC. The van der Waals surface area contributed by atoms with Crippen molar-refractivity contribution in [3.63, 3.8) is 0 Å². The molecule has 0 amide bonds. The molecule has 114 valence electrons. The molecule has 0 saturated carbocycles. The molecule has 1 aromatic carbocycles. The Labute approximate surface area is 127 Å². The molecule has 4 nitrogen and oxygen atoms in total. The molecule has 0 saturated heterocycles. The molecule has 0 aliphatic heterocycles. The lowest BCUT2D eigenvalue weighted by Gasteiger charge is -2.21. The molecule has 1 unspecified atom stereocenters. The van der Waals surface area contributed by atoms with Gasteiger partial charge in [-0.25, -0.2) is 0 Å². The van der Waals surface area contributed by atoms with Crippen LogP contribution in [-0.4, -0.2) is 22.9 Å². The summed E-state index contributed by atoms with van der Waals surface area (Å²) >= 11 is 0. The van der Waals surface area contributed by atoms with Gasteiger partial charge in [0, 0.05) is 12.7 Å². The van der Waals surface area contributed by atoms with Crippen LogP contribution in [0.15, 0.2) is 36.5 Å². The number of aromatic nitrogens is 2. The zero-order chi connectivity index (χ0) is 15.1. The molecule has 0 aliphatic rings. The highest BCUT2D eigenvalue weighted by Gasteiger charge is 2.17. The number of aryl methyl sites for hydroxylation is 1. The van der Waals surface area contributed by atoms with Crippen molar-refractivity contribution in [2.45, 2.75) is 39.8 Å². The number of nitrogens with one attached hydrogen (secondary N) is 1. The van der Waals surface area contributed by atoms with E-state index in [0.29, 0.717) is 6.61 Å². The molecule has 4 heteroatoms. The molecule has 0 bridgehead atoms. The highest BCUT2D eigenvalue weighted by molar-refractivity contribution is 5.34. The first kappa shape index (κ1) is 15.6. The molecule has 1 atom stereocenters. The fourth-order valence-electron chi connectivity index (χ4n) is 2.48. The van der Waals surface area contributed by atoms with E-state index in [1.54, 1.807) is 0 Å². The van der Waals surface area contributed by atoms with Gasteiger partial charge in [-0.3, -0.25) is 4.68 Å². The molecule has 0 spiro atoms. The third-order valence-corrected chi connectivity index (χ3v) is 3.45. The van der Waals surface area contributed by atoms with E-state index in [1.807, 2.05) is 29.9 Å². The summed E-state index contributed by atoms with van der Waals surface area (Å²) in [5.41, 5.74) is 2.41. The first-order valence-corrected chi connectivity index (χ1v) is 7.78. The minimum atomic E-state index is 0.146. The van der Waals surface area contributed by atoms with Crippen molar-refractivity contribution in [2.24, 2.45) is 0 Å². The van der Waals surface area contributed by atoms with Gasteiger partial charge in [0.15, 0.2) is 0 Å². The van der Waals surface area contributed by atoms with E-state index in [2.05, 4.69) is 42.5 Å². The molecule has 0 fully saturated rings. The molecule has 2 rings (SSSR count). The molecular weight excluding hydrogens is 262 g/mol. The fraction of sp³-hybridized carbons (Fsp3) is 0.471. The van der Waals surface area contributed by atoms with Crippen molar-refractivity contribution in [1.82, 2.24) is 15.1 Å². The average molecular weight is 287 g/mol. The summed E-state index contributed by atoms with van der Waals surface area (Å²) in [6.07, 6.45) is 2.97. The Bertz CT molecular complexity index is 550. The van der Waals surface area contributed by atoms with Crippen LogP contribution in [0, 0.1) is 0 Å². The van der Waals surface area contributed by atoms with E-state index in [1.165, 1.54) is 11.3 Å². The zero-order valence-corrected chi connectivity index (χ0v) is 13.2. The summed E-state index contributed by atoms with van der Waals surface area (Å²) < 4.78 is 7.67. The lowest BCUT2D eigenvalue weighted by molar-refractivity contribution is 0.339. The molecule has 0 radical (unpaired) electrons. The number of hydrogen-bond acceptors (Lipinski definition) is 3. The van der Waals surface area contributed by atoms with E-state index in [-0.39, 0.29) is 6.04 Å². The van der Waals surface area contributed by atoms with E-state index >= 15 is 0 Å². The van der Waals surface area contributed by atoms with E-state index in [0.717, 1.165) is 25.3 Å². The Morgan fingerprint density at radius 2 is 2.10 bits per heavy atom. The number of nitrogens with zero attached hydrogens (tertiary/aromatic N) is 2. The van der Waals surface area contributed by atoms with Gasteiger partial charge in [0.1, 0.15) is 5.75 Å². The van der Waals surface area contributed by atoms with Crippen molar-refractivity contribution in [2.75, 3.05) is 13.2 Å². The molecule has 1 N–H and O–H groups in total. The van der Waals surface area contributed by atoms with Gasteiger partial charge in [0.05, 0.1) is 18.3 Å². The van der Waals surface area contributed by atoms with Gasteiger partial charge in [-0.1, -0.05) is 19.1 Å². The van der Waals surface area contributed by atoms with E-state index in [9.17, 15) is 0 Å². The molecule has 1 heterocycles. The van der Waals surface area contributed by atoms with Crippen molar-refractivity contribution in [3.05, 3.63) is 47.8 Å². The van der Waals surface area contributed by atoms with Crippen molar-refractivity contribution >= 4 is 0 Å². The van der Waals surface area contributed by atoms with Crippen LogP contribution >= 0.6 is 0 Å². The Balaban J connectivity index is 2.33. The first-order valence-electron chi connectivity index (χ1n) is 7.78. The minimum absolute atomic E-state index is 0.146. The summed E-state index contributed by atoms with van der Waals surface area (Å²) in [7, 11) is 0. The van der Waals surface area contributed by atoms with Crippen LogP contribution in [0.25, 0.3) is 0 Å². The lowest BCUT2D eigenvalue weighted by Crippen LogP contribution is -2.25. The maximum Gasteiger partial charge on any atom is 0.119 e. The van der Waals surface area contributed by atoms with Crippen LogP contribution in [0.5, 0.6) is 5.75 Å². The van der Waals surface area contributed by atoms with E-state index in [4.69, 9.17) is 4.74 Å². The van der Waals surface area contributed by atoms with Crippen LogP contribution in [0.2, 0.25) is 0 Å². The number of benzene rings is 1. The maximum absolute atomic E-state index is 5.62. The normalized spacial score (nSPS) is 12.3. The van der Waals surface area contributed by atoms with Crippen LogP contribution in [0.3, 0.4) is 0 Å². The molecule has 21 heavy (non-hydrogen) atoms. The smallest absolute Gasteiger partial charge is 0.119 e. The lowest BCUT2D eigenvalue weighted by atomic mass is 10.0. The average Bonchev–Trinajstić information content (AvgIpc) is 2.97. The van der Waals surface area contributed by atoms with Crippen LogP contribution in [0.1, 0.15) is 44.5 Å². The van der Waals surface area contributed by atoms with Gasteiger partial charge < -0.3 is 10.1 Å². The second kappa shape index (κ2) is 7.84. The summed E-state index contributed by atoms with van der Waals surface area (Å²) in [4.78, 5) is 0. The Morgan fingerprint density at radius 3 is 2.81 bits per heavy atom. The van der Waals surface area contributed by atoms with Crippen molar-refractivity contribution in [1.29, 1.82) is 0 Å². The topological polar surface area (TPSA) is 39.1 Å². The van der Waals surface area contributed by atoms with Crippen LogP contribution < -0.4 is 10.1 Å². The Kier molecular flexibility index (Phi) is 5.81.